The Morgan fingerprint density at radius 1 is 1.60 bits per heavy atom. The fourth-order valence-corrected chi connectivity index (χ4v) is 1.60. The summed E-state index contributed by atoms with van der Waals surface area (Å²) in [5.41, 5.74) is 5.24. The zero-order chi connectivity index (χ0) is 14.6. The molecule has 1 aromatic rings. The molecule has 0 aliphatic carbocycles. The van der Waals surface area contributed by atoms with Gasteiger partial charge in [0.2, 0.25) is 6.17 Å². The van der Waals surface area contributed by atoms with E-state index < -0.39 is 28.8 Å². The third kappa shape index (κ3) is 4.29. The Hall–Kier alpha value is -1.44. The minimum Gasteiger partial charge on any atom is -0.464 e. The monoisotopic (exact) mass is 326 g/mol. The van der Waals surface area contributed by atoms with Crippen LogP contribution < -0.4 is 5.73 Å². The molecular formula is C11H13Cl2FN2O4. The number of nitrogens with two attached hydrogens (primary N) is 1. The second-order valence-corrected chi connectivity index (χ2v) is 4.05. The summed E-state index contributed by atoms with van der Waals surface area (Å²) in [4.78, 5) is 21.2. The highest BCUT2D eigenvalue weighted by Gasteiger charge is 2.29. The molecular weight excluding hydrogens is 314 g/mol. The first kappa shape index (κ1) is 18.6. The number of ether oxygens (including phenoxy) is 1. The molecule has 0 spiro atoms. The fraction of sp³-hybridized carbons (Fsp3) is 0.364. The lowest BCUT2D eigenvalue weighted by molar-refractivity contribution is -0.384. The molecule has 0 saturated heterocycles. The summed E-state index contributed by atoms with van der Waals surface area (Å²) in [6.45, 7) is 1.55. The van der Waals surface area contributed by atoms with Gasteiger partial charge < -0.3 is 10.5 Å². The quantitative estimate of drug-likeness (QED) is 0.509. The summed E-state index contributed by atoms with van der Waals surface area (Å²) < 4.78 is 18.2. The van der Waals surface area contributed by atoms with Crippen LogP contribution in [0.1, 0.15) is 18.5 Å². The zero-order valence-corrected chi connectivity index (χ0v) is 12.0. The van der Waals surface area contributed by atoms with Crippen LogP contribution in [-0.4, -0.2) is 23.7 Å². The molecule has 2 atom stereocenters. The van der Waals surface area contributed by atoms with Gasteiger partial charge in [0.15, 0.2) is 0 Å². The smallest absolute Gasteiger partial charge is 0.342 e. The average molecular weight is 327 g/mol. The van der Waals surface area contributed by atoms with Gasteiger partial charge in [0.25, 0.3) is 5.69 Å². The number of hydrogen-bond acceptors (Lipinski definition) is 5. The number of carbonyl (C=O) groups excluding carboxylic acids is 1. The van der Waals surface area contributed by atoms with Crippen molar-refractivity contribution in [2.45, 2.75) is 19.1 Å². The Balaban J connectivity index is 0.00000361. The Morgan fingerprint density at radius 3 is 2.70 bits per heavy atom. The van der Waals surface area contributed by atoms with Gasteiger partial charge in [0.1, 0.15) is 5.02 Å². The highest BCUT2D eigenvalue weighted by molar-refractivity contribution is 6.32. The van der Waals surface area contributed by atoms with E-state index in [0.717, 1.165) is 6.07 Å². The summed E-state index contributed by atoms with van der Waals surface area (Å²) >= 11 is 5.62. The predicted molar refractivity (Wildman–Crippen MR) is 73.8 cm³/mol. The Kier molecular flexibility index (Phi) is 7.41. The maximum Gasteiger partial charge on any atom is 0.342 e. The normalized spacial score (nSPS) is 13.0. The van der Waals surface area contributed by atoms with Crippen molar-refractivity contribution < 1.29 is 18.8 Å². The van der Waals surface area contributed by atoms with Gasteiger partial charge in [-0.1, -0.05) is 17.7 Å². The highest BCUT2D eigenvalue weighted by Crippen LogP contribution is 2.28. The summed E-state index contributed by atoms with van der Waals surface area (Å²) in [5, 5.41) is 10.6. The minimum atomic E-state index is -2.10. The molecule has 1 rings (SSSR count). The Bertz CT molecular complexity index is 501. The van der Waals surface area contributed by atoms with E-state index in [4.69, 9.17) is 17.3 Å². The molecule has 2 N–H and O–H groups in total. The van der Waals surface area contributed by atoms with Crippen molar-refractivity contribution in [1.29, 1.82) is 0 Å². The molecule has 9 heteroatoms. The van der Waals surface area contributed by atoms with Crippen LogP contribution in [0.15, 0.2) is 18.2 Å². The summed E-state index contributed by atoms with van der Waals surface area (Å²) in [7, 11) is 0. The number of nitro groups is 1. The number of alkyl halides is 1. The van der Waals surface area contributed by atoms with Gasteiger partial charge in [-0.15, -0.1) is 12.4 Å². The molecule has 6 nitrogen and oxygen atoms in total. The molecule has 0 aliphatic rings. The van der Waals surface area contributed by atoms with Crippen LogP contribution in [0, 0.1) is 10.1 Å². The largest absolute Gasteiger partial charge is 0.464 e. The molecule has 1 aromatic carbocycles. The first-order chi connectivity index (χ1) is 8.88. The molecule has 0 aromatic heterocycles. The van der Waals surface area contributed by atoms with E-state index in [0.29, 0.717) is 0 Å². The molecule has 112 valence electrons. The molecule has 0 bridgehead atoms. The second kappa shape index (κ2) is 7.98. The number of benzene rings is 1. The molecule has 0 radical (unpaired) electrons. The Labute approximate surface area is 125 Å². The minimum absolute atomic E-state index is 0. The zero-order valence-electron chi connectivity index (χ0n) is 10.4. The SMILES string of the molecule is CCOC(=O)C(F)[C@H](N)c1ccc(Cl)c([N+](=O)[O-])c1.Cl. The van der Waals surface area contributed by atoms with E-state index in [1.807, 2.05) is 0 Å². The van der Waals surface area contributed by atoms with Crippen molar-refractivity contribution >= 4 is 35.7 Å². The number of carbonyl (C=O) groups is 1. The van der Waals surface area contributed by atoms with E-state index in [-0.39, 0.29) is 29.6 Å². The second-order valence-electron chi connectivity index (χ2n) is 3.65. The molecule has 0 aliphatic heterocycles. The summed E-state index contributed by atoms with van der Waals surface area (Å²) in [6.07, 6.45) is -2.10. The molecule has 20 heavy (non-hydrogen) atoms. The van der Waals surface area contributed by atoms with Crippen molar-refractivity contribution in [3.05, 3.63) is 38.9 Å². The number of halogens is 3. The number of nitro benzene ring substituents is 1. The van der Waals surface area contributed by atoms with Gasteiger partial charge in [0, 0.05) is 6.07 Å². The van der Waals surface area contributed by atoms with Gasteiger partial charge in [-0.25, -0.2) is 9.18 Å². The van der Waals surface area contributed by atoms with E-state index >= 15 is 0 Å². The Morgan fingerprint density at radius 2 is 2.20 bits per heavy atom. The molecule has 0 amide bonds. The number of nitrogens with zero attached hydrogens (tertiary/aromatic N) is 1. The molecule has 1 unspecified atom stereocenters. The average Bonchev–Trinajstić information content (AvgIpc) is 2.37. The third-order valence-electron chi connectivity index (χ3n) is 2.38. The maximum atomic E-state index is 13.7. The van der Waals surface area contributed by atoms with Gasteiger partial charge in [-0.2, -0.15) is 0 Å². The van der Waals surface area contributed by atoms with Crippen LogP contribution in [0.25, 0.3) is 0 Å². The van der Waals surface area contributed by atoms with Crippen LogP contribution >= 0.6 is 24.0 Å². The highest BCUT2D eigenvalue weighted by atomic mass is 35.5. The molecule has 0 saturated carbocycles. The van der Waals surface area contributed by atoms with Gasteiger partial charge >= 0.3 is 5.97 Å². The van der Waals surface area contributed by atoms with Crippen molar-refractivity contribution in [3.63, 3.8) is 0 Å². The van der Waals surface area contributed by atoms with Gasteiger partial charge in [-0.05, 0) is 18.6 Å². The van der Waals surface area contributed by atoms with E-state index in [2.05, 4.69) is 4.74 Å². The standard InChI is InChI=1S/C11H12ClFN2O4.ClH/c1-2-19-11(16)9(13)10(14)6-3-4-7(12)8(5-6)15(17)18;/h3-5,9-10H,2,14H2,1H3;1H/t9?,10-;/m1./s1. The third-order valence-corrected chi connectivity index (χ3v) is 2.70. The topological polar surface area (TPSA) is 95.5 Å². The van der Waals surface area contributed by atoms with Crippen LogP contribution in [0.5, 0.6) is 0 Å². The fourth-order valence-electron chi connectivity index (χ4n) is 1.41. The van der Waals surface area contributed by atoms with E-state index in [9.17, 15) is 19.3 Å². The number of hydrogen-bond donors (Lipinski definition) is 1. The number of esters is 1. The van der Waals surface area contributed by atoms with Crippen molar-refractivity contribution in [3.8, 4) is 0 Å². The summed E-state index contributed by atoms with van der Waals surface area (Å²) in [5.74, 6) is -1.10. The van der Waals surface area contributed by atoms with Gasteiger partial charge in [0.05, 0.1) is 17.6 Å². The van der Waals surface area contributed by atoms with E-state index in [1.54, 1.807) is 0 Å². The first-order valence-electron chi connectivity index (χ1n) is 5.38. The van der Waals surface area contributed by atoms with Gasteiger partial charge in [-0.3, -0.25) is 10.1 Å². The van der Waals surface area contributed by atoms with Crippen LogP contribution in [0.3, 0.4) is 0 Å². The molecule has 0 fully saturated rings. The van der Waals surface area contributed by atoms with Crippen LogP contribution in [0.4, 0.5) is 10.1 Å². The summed E-state index contributed by atoms with van der Waals surface area (Å²) in [6, 6.07) is 2.24. The van der Waals surface area contributed by atoms with Crippen molar-refractivity contribution in [1.82, 2.24) is 0 Å². The lowest BCUT2D eigenvalue weighted by Crippen LogP contribution is -2.31. The lowest BCUT2D eigenvalue weighted by Gasteiger charge is -2.15. The van der Waals surface area contributed by atoms with E-state index in [1.165, 1.54) is 19.1 Å². The molecule has 0 heterocycles. The number of rotatable bonds is 5. The first-order valence-corrected chi connectivity index (χ1v) is 5.76. The maximum absolute atomic E-state index is 13.7. The van der Waals surface area contributed by atoms with Crippen LogP contribution in [-0.2, 0) is 9.53 Å². The van der Waals surface area contributed by atoms with Crippen molar-refractivity contribution in [2.24, 2.45) is 5.73 Å². The van der Waals surface area contributed by atoms with Crippen LogP contribution in [0.2, 0.25) is 5.02 Å². The van der Waals surface area contributed by atoms with Crippen molar-refractivity contribution in [2.75, 3.05) is 6.61 Å². The lowest BCUT2D eigenvalue weighted by atomic mass is 10.0. The predicted octanol–water partition coefficient (Wildman–Crippen LogP) is 2.57.